The average molecular weight is 246 g/mol. The van der Waals surface area contributed by atoms with E-state index in [-0.39, 0.29) is 0 Å². The smallest absolute Gasteiger partial charge is 0.0170 e. The summed E-state index contributed by atoms with van der Waals surface area (Å²) in [6, 6.07) is 11.2. The number of likely N-dealkylation sites (tertiary alicyclic amines) is 1. The molecule has 0 radical (unpaired) electrons. The minimum absolute atomic E-state index is 0.333. The van der Waals surface area contributed by atoms with Crippen molar-refractivity contribution in [2.45, 2.75) is 38.6 Å². The minimum Gasteiger partial charge on any atom is -0.327 e. The quantitative estimate of drug-likeness (QED) is 0.865. The van der Waals surface area contributed by atoms with Crippen molar-refractivity contribution in [3.8, 4) is 0 Å². The van der Waals surface area contributed by atoms with Gasteiger partial charge in [0.2, 0.25) is 0 Å². The van der Waals surface area contributed by atoms with Gasteiger partial charge in [0.1, 0.15) is 0 Å². The van der Waals surface area contributed by atoms with Crippen molar-refractivity contribution in [2.24, 2.45) is 11.7 Å². The van der Waals surface area contributed by atoms with Gasteiger partial charge in [-0.15, -0.1) is 0 Å². The Bertz CT molecular complexity index is 347. The number of nitrogens with zero attached hydrogens (tertiary/aromatic N) is 1. The fourth-order valence-corrected chi connectivity index (χ4v) is 3.01. The fourth-order valence-electron chi connectivity index (χ4n) is 3.01. The normalized spacial score (nSPS) is 22.6. The van der Waals surface area contributed by atoms with Gasteiger partial charge in [-0.1, -0.05) is 44.2 Å². The molecule has 0 bridgehead atoms. The van der Waals surface area contributed by atoms with E-state index in [4.69, 9.17) is 5.73 Å². The van der Waals surface area contributed by atoms with Gasteiger partial charge in [0.05, 0.1) is 0 Å². The zero-order valence-electron chi connectivity index (χ0n) is 11.7. The van der Waals surface area contributed by atoms with Gasteiger partial charge < -0.3 is 10.6 Å². The van der Waals surface area contributed by atoms with E-state index in [1.807, 2.05) is 0 Å². The summed E-state index contributed by atoms with van der Waals surface area (Å²) in [4.78, 5) is 2.53. The summed E-state index contributed by atoms with van der Waals surface area (Å²) in [6.07, 6.45) is 2.41. The number of hydrogen-bond acceptors (Lipinski definition) is 2. The number of nitrogens with two attached hydrogens (primary N) is 1. The Balaban J connectivity index is 1.82. The monoisotopic (exact) mass is 246 g/mol. The molecule has 1 heterocycles. The van der Waals surface area contributed by atoms with Gasteiger partial charge >= 0.3 is 0 Å². The van der Waals surface area contributed by atoms with Crippen LogP contribution >= 0.6 is 0 Å². The van der Waals surface area contributed by atoms with Crippen molar-refractivity contribution >= 4 is 0 Å². The lowest BCUT2D eigenvalue weighted by molar-refractivity contribution is 0.293. The van der Waals surface area contributed by atoms with E-state index in [9.17, 15) is 0 Å². The highest BCUT2D eigenvalue weighted by atomic mass is 15.2. The maximum Gasteiger partial charge on any atom is 0.0170 e. The predicted molar refractivity (Wildman–Crippen MR) is 77.7 cm³/mol. The summed E-state index contributed by atoms with van der Waals surface area (Å²) in [5.41, 5.74) is 7.68. The Kier molecular flexibility index (Phi) is 4.79. The first kappa shape index (κ1) is 13.6. The highest BCUT2D eigenvalue weighted by Crippen LogP contribution is 2.26. The summed E-state index contributed by atoms with van der Waals surface area (Å²) >= 11 is 0. The van der Waals surface area contributed by atoms with Crippen molar-refractivity contribution in [1.82, 2.24) is 4.90 Å². The van der Waals surface area contributed by atoms with Crippen molar-refractivity contribution in [1.29, 1.82) is 0 Å². The van der Waals surface area contributed by atoms with Crippen LogP contribution in [0.3, 0.4) is 0 Å². The lowest BCUT2D eigenvalue weighted by Gasteiger charge is -2.22. The Morgan fingerprint density at radius 3 is 2.67 bits per heavy atom. The maximum absolute atomic E-state index is 6.20. The summed E-state index contributed by atoms with van der Waals surface area (Å²) < 4.78 is 0. The summed E-state index contributed by atoms with van der Waals surface area (Å²) in [5.74, 6) is 1.41. The van der Waals surface area contributed by atoms with E-state index in [2.05, 4.69) is 49.1 Å². The number of hydrogen-bond donors (Lipinski definition) is 1. The molecule has 2 nitrogen and oxygen atoms in total. The highest BCUT2D eigenvalue weighted by Gasteiger charge is 2.24. The molecule has 1 aliphatic heterocycles. The van der Waals surface area contributed by atoms with Crippen molar-refractivity contribution in [2.75, 3.05) is 19.6 Å². The van der Waals surface area contributed by atoms with E-state index in [1.54, 1.807) is 0 Å². The molecule has 2 N–H and O–H groups in total. The van der Waals surface area contributed by atoms with Crippen LogP contribution in [0.25, 0.3) is 0 Å². The Morgan fingerprint density at radius 1 is 1.28 bits per heavy atom. The third kappa shape index (κ3) is 3.82. The second kappa shape index (κ2) is 6.35. The molecule has 18 heavy (non-hydrogen) atoms. The molecule has 2 rings (SSSR count). The van der Waals surface area contributed by atoms with E-state index >= 15 is 0 Å². The van der Waals surface area contributed by atoms with E-state index in [0.717, 1.165) is 13.0 Å². The predicted octanol–water partition coefficient (Wildman–Crippen LogP) is 2.85. The van der Waals surface area contributed by atoms with Crippen LogP contribution in [0, 0.1) is 5.92 Å². The molecule has 0 saturated carbocycles. The molecule has 1 fully saturated rings. The number of benzene rings is 1. The standard InChI is InChI=1S/C16H26N2/c1-13(2)10-16(17)12-18-9-8-15(11-18)14-6-4-3-5-7-14/h3-7,13,15-16H,8-12,17H2,1-2H3/t15?,16-/m0/s1. The summed E-state index contributed by atoms with van der Waals surface area (Å²) in [5, 5.41) is 0. The van der Waals surface area contributed by atoms with Crippen molar-refractivity contribution < 1.29 is 0 Å². The molecule has 1 aliphatic rings. The van der Waals surface area contributed by atoms with E-state index in [1.165, 1.54) is 25.1 Å². The average Bonchev–Trinajstić information content (AvgIpc) is 2.77. The molecule has 100 valence electrons. The van der Waals surface area contributed by atoms with Crippen molar-refractivity contribution in [3.05, 3.63) is 35.9 Å². The Labute approximate surface area is 111 Å². The molecular formula is C16H26N2. The molecule has 1 unspecified atom stereocenters. The lowest BCUT2D eigenvalue weighted by Crippen LogP contribution is -2.37. The van der Waals surface area contributed by atoms with Crippen LogP contribution in [-0.2, 0) is 0 Å². The molecule has 0 aromatic heterocycles. The SMILES string of the molecule is CC(C)C[C@H](N)CN1CCC(c2ccccc2)C1. The van der Waals surface area contributed by atoms with Crippen LogP contribution in [0.1, 0.15) is 38.2 Å². The zero-order chi connectivity index (χ0) is 13.0. The first-order chi connectivity index (χ1) is 8.65. The van der Waals surface area contributed by atoms with Crippen molar-refractivity contribution in [3.63, 3.8) is 0 Å². The molecule has 2 atom stereocenters. The molecule has 1 aromatic carbocycles. The lowest BCUT2D eigenvalue weighted by atomic mass is 9.99. The topological polar surface area (TPSA) is 29.3 Å². The molecule has 0 aliphatic carbocycles. The fraction of sp³-hybridized carbons (Fsp3) is 0.625. The third-order valence-corrected chi connectivity index (χ3v) is 3.81. The van der Waals surface area contributed by atoms with Crippen LogP contribution in [0.2, 0.25) is 0 Å². The zero-order valence-corrected chi connectivity index (χ0v) is 11.7. The van der Waals surface area contributed by atoms with Crippen LogP contribution < -0.4 is 5.73 Å². The Morgan fingerprint density at radius 2 is 2.00 bits per heavy atom. The third-order valence-electron chi connectivity index (χ3n) is 3.81. The van der Waals surface area contributed by atoms with Crippen LogP contribution in [0.15, 0.2) is 30.3 Å². The van der Waals surface area contributed by atoms with Crippen LogP contribution in [0.5, 0.6) is 0 Å². The molecule has 2 heteroatoms. The van der Waals surface area contributed by atoms with E-state index in [0.29, 0.717) is 17.9 Å². The van der Waals surface area contributed by atoms with Crippen LogP contribution in [-0.4, -0.2) is 30.6 Å². The van der Waals surface area contributed by atoms with E-state index < -0.39 is 0 Å². The van der Waals surface area contributed by atoms with Gasteiger partial charge in [-0.2, -0.15) is 0 Å². The summed E-state index contributed by atoms with van der Waals surface area (Å²) in [6.45, 7) is 7.93. The van der Waals surface area contributed by atoms with Gasteiger partial charge in [0.25, 0.3) is 0 Å². The largest absolute Gasteiger partial charge is 0.327 e. The molecule has 1 aromatic rings. The Hall–Kier alpha value is -0.860. The number of rotatable bonds is 5. The molecule has 0 spiro atoms. The minimum atomic E-state index is 0.333. The molecule has 1 saturated heterocycles. The second-order valence-corrected chi connectivity index (χ2v) is 6.05. The first-order valence-corrected chi connectivity index (χ1v) is 7.18. The highest BCUT2D eigenvalue weighted by molar-refractivity contribution is 5.21. The van der Waals surface area contributed by atoms with Crippen LogP contribution in [0.4, 0.5) is 0 Å². The van der Waals surface area contributed by atoms with Gasteiger partial charge in [0, 0.05) is 19.1 Å². The van der Waals surface area contributed by atoms with Gasteiger partial charge in [-0.3, -0.25) is 0 Å². The summed E-state index contributed by atoms with van der Waals surface area (Å²) in [7, 11) is 0. The molecular weight excluding hydrogens is 220 g/mol. The second-order valence-electron chi connectivity index (χ2n) is 6.05. The maximum atomic E-state index is 6.20. The first-order valence-electron chi connectivity index (χ1n) is 7.18. The van der Waals surface area contributed by atoms with Gasteiger partial charge in [0.15, 0.2) is 0 Å². The molecule has 0 amide bonds. The van der Waals surface area contributed by atoms with Gasteiger partial charge in [-0.05, 0) is 36.8 Å². The van der Waals surface area contributed by atoms with Gasteiger partial charge in [-0.25, -0.2) is 0 Å².